The van der Waals surface area contributed by atoms with Crippen LogP contribution in [0.25, 0.3) is 0 Å². The van der Waals surface area contributed by atoms with Gasteiger partial charge in [0.2, 0.25) is 0 Å². The second-order valence-corrected chi connectivity index (χ2v) is 8.05. The molecule has 0 N–H and O–H groups in total. The molecule has 1 saturated heterocycles. The van der Waals surface area contributed by atoms with Gasteiger partial charge >= 0.3 is 0 Å². The molecule has 0 bridgehead atoms. The summed E-state index contributed by atoms with van der Waals surface area (Å²) in [6.45, 7) is 2.29. The highest BCUT2D eigenvalue weighted by Crippen LogP contribution is 2.36. The number of likely N-dealkylation sites (tertiary alicyclic amines) is 1. The third-order valence-corrected chi connectivity index (χ3v) is 6.12. The van der Waals surface area contributed by atoms with Crippen molar-refractivity contribution in [2.75, 3.05) is 27.3 Å². The monoisotopic (exact) mass is 415 g/mol. The normalized spacial score (nSPS) is 17.0. The summed E-state index contributed by atoms with van der Waals surface area (Å²) in [7, 11) is 3.30. The van der Waals surface area contributed by atoms with Gasteiger partial charge in [-0.2, -0.15) is 0 Å². The zero-order valence-electron chi connectivity index (χ0n) is 18.2. The highest BCUT2D eigenvalue weighted by Gasteiger charge is 2.35. The van der Waals surface area contributed by atoms with Crippen LogP contribution in [-0.2, 0) is 11.3 Å². The topological polar surface area (TPSA) is 38.8 Å². The van der Waals surface area contributed by atoms with Crippen LogP contribution in [0.15, 0.2) is 78.9 Å². The van der Waals surface area contributed by atoms with Crippen LogP contribution in [0.1, 0.15) is 29.0 Å². The van der Waals surface area contributed by atoms with E-state index in [2.05, 4.69) is 59.5 Å². The number of hydrogen-bond acceptors (Lipinski definition) is 4. The Labute approximate surface area is 184 Å². The molecule has 1 unspecified atom stereocenters. The van der Waals surface area contributed by atoms with E-state index in [1.807, 2.05) is 24.3 Å². The minimum Gasteiger partial charge on any atom is -0.493 e. The molecule has 4 rings (SSSR count). The lowest BCUT2D eigenvalue weighted by atomic mass is 9.76. The number of rotatable bonds is 7. The van der Waals surface area contributed by atoms with Gasteiger partial charge < -0.3 is 9.47 Å². The Morgan fingerprint density at radius 1 is 0.871 bits per heavy atom. The van der Waals surface area contributed by atoms with Gasteiger partial charge in [0, 0.05) is 37.9 Å². The summed E-state index contributed by atoms with van der Waals surface area (Å²) in [4.78, 5) is 15.5. The van der Waals surface area contributed by atoms with Gasteiger partial charge in [0.15, 0.2) is 11.5 Å². The standard InChI is InChI=1S/C27H29NO3/c1-30-25-14-13-20(17-26(25)31-2)18-28-16-15-24(29)23(19-28)27(21-9-5-3-6-10-21)22-11-7-4-8-12-22/h3-14,17,23,27H,15-16,18-19H2,1-2H3. The van der Waals surface area contributed by atoms with Gasteiger partial charge in [-0.1, -0.05) is 66.7 Å². The number of benzene rings is 3. The lowest BCUT2D eigenvalue weighted by Crippen LogP contribution is -2.43. The molecule has 0 amide bonds. The largest absolute Gasteiger partial charge is 0.493 e. The molecule has 3 aromatic carbocycles. The van der Waals surface area contributed by atoms with Crippen LogP contribution < -0.4 is 9.47 Å². The van der Waals surface area contributed by atoms with E-state index >= 15 is 0 Å². The first-order valence-electron chi connectivity index (χ1n) is 10.8. The van der Waals surface area contributed by atoms with Crippen LogP contribution in [0.3, 0.4) is 0 Å². The van der Waals surface area contributed by atoms with E-state index < -0.39 is 0 Å². The number of hydrogen-bond donors (Lipinski definition) is 0. The number of ketones is 1. The third kappa shape index (κ3) is 4.80. The van der Waals surface area contributed by atoms with Gasteiger partial charge in [-0.3, -0.25) is 9.69 Å². The van der Waals surface area contributed by atoms with E-state index in [1.54, 1.807) is 14.2 Å². The maximum absolute atomic E-state index is 13.1. The quantitative estimate of drug-likeness (QED) is 0.549. The predicted octanol–water partition coefficient (Wildman–Crippen LogP) is 4.93. The Balaban J connectivity index is 1.59. The minimum absolute atomic E-state index is 0.0584. The number of ether oxygens (including phenoxy) is 2. The summed E-state index contributed by atoms with van der Waals surface area (Å²) in [6.07, 6.45) is 0.578. The van der Waals surface area contributed by atoms with Gasteiger partial charge in [-0.15, -0.1) is 0 Å². The first-order chi connectivity index (χ1) is 15.2. The van der Waals surface area contributed by atoms with Crippen LogP contribution in [0.4, 0.5) is 0 Å². The third-order valence-electron chi connectivity index (χ3n) is 6.12. The lowest BCUT2D eigenvalue weighted by Gasteiger charge is -2.36. The SMILES string of the molecule is COc1ccc(CN2CCC(=O)C(C(c3ccccc3)c3ccccc3)C2)cc1OC. The highest BCUT2D eigenvalue weighted by atomic mass is 16.5. The molecule has 1 aliphatic heterocycles. The van der Waals surface area contributed by atoms with Crippen molar-refractivity contribution in [2.24, 2.45) is 5.92 Å². The summed E-state index contributed by atoms with van der Waals surface area (Å²) in [5.41, 5.74) is 3.54. The van der Waals surface area contributed by atoms with Crippen molar-refractivity contribution in [3.63, 3.8) is 0 Å². The van der Waals surface area contributed by atoms with Gasteiger partial charge in [0.05, 0.1) is 14.2 Å². The maximum atomic E-state index is 13.1. The van der Waals surface area contributed by atoms with Gasteiger partial charge in [-0.25, -0.2) is 0 Å². The van der Waals surface area contributed by atoms with E-state index in [0.29, 0.717) is 12.2 Å². The molecule has 1 heterocycles. The Bertz CT molecular complexity index is 964. The Morgan fingerprint density at radius 2 is 1.48 bits per heavy atom. The van der Waals surface area contributed by atoms with Gasteiger partial charge in [0.25, 0.3) is 0 Å². The molecule has 31 heavy (non-hydrogen) atoms. The molecule has 160 valence electrons. The molecule has 0 aliphatic carbocycles. The molecular weight excluding hydrogens is 386 g/mol. The second kappa shape index (κ2) is 9.80. The fourth-order valence-corrected chi connectivity index (χ4v) is 4.57. The molecule has 0 saturated carbocycles. The van der Waals surface area contributed by atoms with E-state index in [9.17, 15) is 4.79 Å². The summed E-state index contributed by atoms with van der Waals surface area (Å²) in [5, 5.41) is 0. The van der Waals surface area contributed by atoms with Crippen LogP contribution in [0.2, 0.25) is 0 Å². The van der Waals surface area contributed by atoms with Gasteiger partial charge in [0.1, 0.15) is 5.78 Å². The number of methoxy groups -OCH3 is 2. The predicted molar refractivity (Wildman–Crippen MR) is 123 cm³/mol. The minimum atomic E-state index is -0.0707. The number of piperidine rings is 1. The van der Waals surface area contributed by atoms with Crippen molar-refractivity contribution < 1.29 is 14.3 Å². The fraction of sp³-hybridized carbons (Fsp3) is 0.296. The molecule has 0 spiro atoms. The number of carbonyl (C=O) groups excluding carboxylic acids is 1. The number of nitrogens with zero attached hydrogens (tertiary/aromatic N) is 1. The van der Waals surface area contributed by atoms with Crippen molar-refractivity contribution in [2.45, 2.75) is 18.9 Å². The van der Waals surface area contributed by atoms with Crippen molar-refractivity contribution in [1.29, 1.82) is 0 Å². The first kappa shape index (κ1) is 21.1. The molecule has 1 atom stereocenters. The molecule has 4 nitrogen and oxygen atoms in total. The Morgan fingerprint density at radius 3 is 2.06 bits per heavy atom. The lowest BCUT2D eigenvalue weighted by molar-refractivity contribution is -0.126. The van der Waals surface area contributed by atoms with Crippen molar-refractivity contribution in [1.82, 2.24) is 4.90 Å². The molecule has 1 fully saturated rings. The van der Waals surface area contributed by atoms with Crippen molar-refractivity contribution in [3.05, 3.63) is 95.6 Å². The number of carbonyl (C=O) groups is 1. The summed E-state index contributed by atoms with van der Waals surface area (Å²) in [5.74, 6) is 1.80. The second-order valence-electron chi connectivity index (χ2n) is 8.05. The smallest absolute Gasteiger partial charge is 0.161 e. The highest BCUT2D eigenvalue weighted by molar-refractivity contribution is 5.83. The summed E-state index contributed by atoms with van der Waals surface area (Å²) >= 11 is 0. The van der Waals surface area contributed by atoms with Gasteiger partial charge in [-0.05, 0) is 28.8 Å². The molecule has 0 radical (unpaired) electrons. The summed E-state index contributed by atoms with van der Waals surface area (Å²) < 4.78 is 10.8. The zero-order valence-corrected chi connectivity index (χ0v) is 18.2. The fourth-order valence-electron chi connectivity index (χ4n) is 4.57. The molecule has 4 heteroatoms. The molecule has 1 aliphatic rings. The molecule has 0 aromatic heterocycles. The van der Waals surface area contributed by atoms with Crippen LogP contribution in [-0.4, -0.2) is 38.0 Å². The molecular formula is C27H29NO3. The van der Waals surface area contributed by atoms with Crippen LogP contribution >= 0.6 is 0 Å². The Kier molecular flexibility index (Phi) is 6.68. The molecule has 3 aromatic rings. The van der Waals surface area contributed by atoms with Crippen molar-refractivity contribution >= 4 is 5.78 Å². The summed E-state index contributed by atoms with van der Waals surface area (Å²) in [6, 6.07) is 26.9. The van der Waals surface area contributed by atoms with E-state index in [0.717, 1.165) is 36.7 Å². The average molecular weight is 416 g/mol. The van der Waals surface area contributed by atoms with Crippen LogP contribution in [0, 0.1) is 5.92 Å². The zero-order chi connectivity index (χ0) is 21.6. The van der Waals surface area contributed by atoms with Crippen molar-refractivity contribution in [3.8, 4) is 11.5 Å². The average Bonchev–Trinajstić information content (AvgIpc) is 2.82. The van der Waals surface area contributed by atoms with Crippen LogP contribution in [0.5, 0.6) is 11.5 Å². The van der Waals surface area contributed by atoms with E-state index in [-0.39, 0.29) is 11.8 Å². The Hall–Kier alpha value is -3.11. The van der Waals surface area contributed by atoms with E-state index in [1.165, 1.54) is 11.1 Å². The maximum Gasteiger partial charge on any atom is 0.161 e. The van der Waals surface area contributed by atoms with E-state index in [4.69, 9.17) is 9.47 Å². The first-order valence-corrected chi connectivity index (χ1v) is 10.8. The number of Topliss-reactive ketones (excluding diaryl/α,β-unsaturated/α-hetero) is 1.